The van der Waals surface area contributed by atoms with Gasteiger partial charge in [0.05, 0.1) is 0 Å². The van der Waals surface area contributed by atoms with E-state index in [0.29, 0.717) is 11.3 Å². The minimum atomic E-state index is 0.519. The summed E-state index contributed by atoms with van der Waals surface area (Å²) in [6.45, 7) is 5.68. The van der Waals surface area contributed by atoms with Gasteiger partial charge in [0.15, 0.2) is 0 Å². The van der Waals surface area contributed by atoms with Crippen LogP contribution in [0.3, 0.4) is 0 Å². The van der Waals surface area contributed by atoms with Crippen molar-refractivity contribution in [3.8, 4) is 0 Å². The lowest BCUT2D eigenvalue weighted by molar-refractivity contribution is 0.572. The highest BCUT2D eigenvalue weighted by atomic mass is 15.1. The van der Waals surface area contributed by atoms with Crippen LogP contribution in [0.15, 0.2) is 6.07 Å². The van der Waals surface area contributed by atoms with Crippen LogP contribution in [0.2, 0.25) is 0 Å². The SMILES string of the molecule is CNc1cc(NCC2CC2(C)C)nc(C2CC2)n1. The van der Waals surface area contributed by atoms with Gasteiger partial charge in [0.25, 0.3) is 0 Å². The molecule has 98 valence electrons. The van der Waals surface area contributed by atoms with Crippen molar-refractivity contribution in [2.24, 2.45) is 11.3 Å². The smallest absolute Gasteiger partial charge is 0.136 e. The Balaban J connectivity index is 1.68. The molecule has 0 saturated heterocycles. The predicted molar refractivity (Wildman–Crippen MR) is 73.9 cm³/mol. The van der Waals surface area contributed by atoms with E-state index < -0.39 is 0 Å². The quantitative estimate of drug-likeness (QED) is 0.838. The van der Waals surface area contributed by atoms with E-state index in [1.165, 1.54) is 19.3 Å². The van der Waals surface area contributed by atoms with Gasteiger partial charge < -0.3 is 10.6 Å². The van der Waals surface area contributed by atoms with Crippen LogP contribution in [0.5, 0.6) is 0 Å². The Labute approximate surface area is 109 Å². The first-order chi connectivity index (χ1) is 8.58. The summed E-state index contributed by atoms with van der Waals surface area (Å²) in [6.07, 6.45) is 3.80. The molecule has 3 rings (SSSR count). The minimum Gasteiger partial charge on any atom is -0.373 e. The van der Waals surface area contributed by atoms with Gasteiger partial charge in [0.2, 0.25) is 0 Å². The lowest BCUT2D eigenvalue weighted by atomic mass is 10.1. The number of aromatic nitrogens is 2. The fraction of sp³-hybridized carbons (Fsp3) is 0.714. The normalized spacial score (nSPS) is 24.7. The zero-order chi connectivity index (χ0) is 12.8. The summed E-state index contributed by atoms with van der Waals surface area (Å²) in [5.41, 5.74) is 0.519. The van der Waals surface area contributed by atoms with Crippen molar-refractivity contribution in [1.29, 1.82) is 0 Å². The Morgan fingerprint density at radius 2 is 1.94 bits per heavy atom. The highest BCUT2D eigenvalue weighted by molar-refractivity contribution is 5.48. The number of rotatable bonds is 5. The van der Waals surface area contributed by atoms with Crippen molar-refractivity contribution in [2.45, 2.75) is 39.0 Å². The van der Waals surface area contributed by atoms with Gasteiger partial charge in [-0.05, 0) is 30.6 Å². The van der Waals surface area contributed by atoms with E-state index in [0.717, 1.165) is 29.9 Å². The van der Waals surface area contributed by atoms with Crippen LogP contribution in [-0.2, 0) is 0 Å². The van der Waals surface area contributed by atoms with Crippen LogP contribution in [0, 0.1) is 11.3 Å². The van der Waals surface area contributed by atoms with E-state index in [1.807, 2.05) is 13.1 Å². The maximum atomic E-state index is 4.63. The average molecular weight is 246 g/mol. The monoisotopic (exact) mass is 246 g/mol. The molecule has 0 aromatic carbocycles. The number of hydrogen-bond donors (Lipinski definition) is 2. The van der Waals surface area contributed by atoms with Crippen LogP contribution in [0.4, 0.5) is 11.6 Å². The van der Waals surface area contributed by atoms with Crippen LogP contribution >= 0.6 is 0 Å². The molecule has 4 nitrogen and oxygen atoms in total. The van der Waals surface area contributed by atoms with Gasteiger partial charge in [-0.1, -0.05) is 13.8 Å². The molecule has 2 N–H and O–H groups in total. The van der Waals surface area contributed by atoms with Gasteiger partial charge in [0.1, 0.15) is 17.5 Å². The Hall–Kier alpha value is -1.32. The third kappa shape index (κ3) is 2.42. The molecule has 1 atom stereocenters. The van der Waals surface area contributed by atoms with Crippen LogP contribution in [-0.4, -0.2) is 23.6 Å². The van der Waals surface area contributed by atoms with Gasteiger partial charge >= 0.3 is 0 Å². The first kappa shape index (κ1) is 11.8. The van der Waals surface area contributed by atoms with Crippen molar-refractivity contribution in [3.05, 3.63) is 11.9 Å². The predicted octanol–water partition coefficient (Wildman–Crippen LogP) is 2.85. The fourth-order valence-corrected chi connectivity index (χ4v) is 2.36. The third-order valence-corrected chi connectivity index (χ3v) is 4.19. The molecular formula is C14H22N4. The second-order valence-corrected chi connectivity index (χ2v) is 6.29. The topological polar surface area (TPSA) is 49.8 Å². The number of nitrogens with one attached hydrogen (secondary N) is 2. The largest absolute Gasteiger partial charge is 0.373 e. The molecular weight excluding hydrogens is 224 g/mol. The standard InChI is InChI=1S/C14H22N4/c1-14(2)7-10(14)8-16-12-6-11(15-3)17-13(18-12)9-4-5-9/h6,9-10H,4-5,7-8H2,1-3H3,(H2,15,16,17,18). The van der Waals surface area contributed by atoms with Gasteiger partial charge in [-0.3, -0.25) is 0 Å². The lowest BCUT2D eigenvalue weighted by Gasteiger charge is -2.10. The first-order valence-electron chi connectivity index (χ1n) is 6.89. The van der Waals surface area contributed by atoms with Gasteiger partial charge in [-0.25, -0.2) is 9.97 Å². The van der Waals surface area contributed by atoms with Crippen molar-refractivity contribution >= 4 is 11.6 Å². The molecule has 1 unspecified atom stereocenters. The second-order valence-electron chi connectivity index (χ2n) is 6.29. The molecule has 1 aromatic rings. The molecule has 2 saturated carbocycles. The molecule has 0 amide bonds. The fourth-order valence-electron chi connectivity index (χ4n) is 2.36. The maximum absolute atomic E-state index is 4.63. The number of anilines is 2. The van der Waals surface area contributed by atoms with Gasteiger partial charge in [-0.15, -0.1) is 0 Å². The Morgan fingerprint density at radius 3 is 2.50 bits per heavy atom. The summed E-state index contributed by atoms with van der Waals surface area (Å²) in [6, 6.07) is 2.00. The van der Waals surface area contributed by atoms with Crippen LogP contribution in [0.25, 0.3) is 0 Å². The molecule has 18 heavy (non-hydrogen) atoms. The first-order valence-corrected chi connectivity index (χ1v) is 6.89. The molecule has 1 heterocycles. The van der Waals surface area contributed by atoms with Crippen LogP contribution < -0.4 is 10.6 Å². The zero-order valence-corrected chi connectivity index (χ0v) is 11.5. The summed E-state index contributed by atoms with van der Waals surface area (Å²) in [7, 11) is 1.91. The highest BCUT2D eigenvalue weighted by Gasteiger charge is 2.45. The number of hydrogen-bond acceptors (Lipinski definition) is 4. The third-order valence-electron chi connectivity index (χ3n) is 4.19. The Kier molecular flexibility index (Phi) is 2.68. The van der Waals surface area contributed by atoms with Crippen molar-refractivity contribution in [2.75, 3.05) is 24.2 Å². The summed E-state index contributed by atoms with van der Waals surface area (Å²) < 4.78 is 0. The van der Waals surface area contributed by atoms with E-state index in [9.17, 15) is 0 Å². The molecule has 1 aromatic heterocycles. The molecule has 0 radical (unpaired) electrons. The summed E-state index contributed by atoms with van der Waals surface area (Å²) in [4.78, 5) is 9.15. The van der Waals surface area contributed by atoms with E-state index in [2.05, 4.69) is 34.4 Å². The van der Waals surface area contributed by atoms with E-state index in [4.69, 9.17) is 0 Å². The van der Waals surface area contributed by atoms with E-state index >= 15 is 0 Å². The second kappa shape index (κ2) is 4.11. The average Bonchev–Trinajstić information content (AvgIpc) is 3.23. The number of nitrogens with zero attached hydrogens (tertiary/aromatic N) is 2. The molecule has 2 aliphatic rings. The Bertz CT molecular complexity index is 451. The van der Waals surface area contributed by atoms with Crippen molar-refractivity contribution < 1.29 is 0 Å². The van der Waals surface area contributed by atoms with E-state index in [-0.39, 0.29) is 0 Å². The van der Waals surface area contributed by atoms with Gasteiger partial charge in [0, 0.05) is 25.6 Å². The van der Waals surface area contributed by atoms with Crippen molar-refractivity contribution in [1.82, 2.24) is 9.97 Å². The minimum absolute atomic E-state index is 0.519. The molecule has 4 heteroatoms. The van der Waals surface area contributed by atoms with Crippen molar-refractivity contribution in [3.63, 3.8) is 0 Å². The molecule has 2 fully saturated rings. The Morgan fingerprint density at radius 1 is 1.28 bits per heavy atom. The maximum Gasteiger partial charge on any atom is 0.136 e. The zero-order valence-electron chi connectivity index (χ0n) is 11.5. The lowest BCUT2D eigenvalue weighted by Crippen LogP contribution is -2.10. The molecule has 0 spiro atoms. The molecule has 0 aliphatic heterocycles. The summed E-state index contributed by atoms with van der Waals surface area (Å²) >= 11 is 0. The summed E-state index contributed by atoms with van der Waals surface area (Å²) in [5, 5.41) is 6.59. The molecule has 0 bridgehead atoms. The van der Waals surface area contributed by atoms with Gasteiger partial charge in [-0.2, -0.15) is 0 Å². The van der Waals surface area contributed by atoms with Crippen LogP contribution in [0.1, 0.15) is 44.9 Å². The summed E-state index contributed by atoms with van der Waals surface area (Å²) in [5.74, 6) is 4.27. The highest BCUT2D eigenvalue weighted by Crippen LogP contribution is 2.51. The van der Waals surface area contributed by atoms with E-state index in [1.54, 1.807) is 0 Å². The molecule has 2 aliphatic carbocycles.